The Morgan fingerprint density at radius 3 is 2.75 bits per heavy atom. The maximum Gasteiger partial charge on any atom is 0.177 e. The summed E-state index contributed by atoms with van der Waals surface area (Å²) in [6.07, 6.45) is 0. The summed E-state index contributed by atoms with van der Waals surface area (Å²) < 4.78 is 26.6. The van der Waals surface area contributed by atoms with Crippen molar-refractivity contribution < 1.29 is 8.78 Å². The van der Waals surface area contributed by atoms with Crippen LogP contribution in [-0.4, -0.2) is 0 Å². The molecule has 0 saturated carbocycles. The van der Waals surface area contributed by atoms with Crippen LogP contribution in [0.15, 0.2) is 22.0 Å². The van der Waals surface area contributed by atoms with E-state index in [1.54, 1.807) is 17.5 Å². The lowest BCUT2D eigenvalue weighted by atomic mass is 10.2. The molecule has 0 saturated heterocycles. The molecule has 0 spiro atoms. The van der Waals surface area contributed by atoms with Gasteiger partial charge < -0.3 is 0 Å². The average Bonchev–Trinajstić information content (AvgIpc) is 2.48. The van der Waals surface area contributed by atoms with Crippen molar-refractivity contribution in [1.82, 2.24) is 0 Å². The molecule has 0 amide bonds. The Labute approximate surface area is 80.0 Å². The van der Waals surface area contributed by atoms with Gasteiger partial charge in [0, 0.05) is 0 Å². The Balaban J connectivity index is 2.94. The molecule has 0 bridgehead atoms. The van der Waals surface area contributed by atoms with Gasteiger partial charge in [-0.15, -0.1) is 11.3 Å². The summed E-state index contributed by atoms with van der Waals surface area (Å²) in [6, 6.07) is 3.33. The molecule has 0 aliphatic heterocycles. The van der Waals surface area contributed by atoms with Gasteiger partial charge in [0.15, 0.2) is 11.6 Å². The van der Waals surface area contributed by atoms with Crippen LogP contribution >= 0.6 is 27.3 Å². The van der Waals surface area contributed by atoms with Gasteiger partial charge in [-0.3, -0.25) is 0 Å². The van der Waals surface area contributed by atoms with E-state index >= 15 is 0 Å². The van der Waals surface area contributed by atoms with E-state index in [1.165, 1.54) is 11.3 Å². The van der Waals surface area contributed by atoms with Crippen molar-refractivity contribution in [2.24, 2.45) is 0 Å². The van der Waals surface area contributed by atoms with Gasteiger partial charge in [0.1, 0.15) is 0 Å². The van der Waals surface area contributed by atoms with Crippen LogP contribution in [0.25, 0.3) is 10.1 Å². The van der Waals surface area contributed by atoms with Crippen LogP contribution in [0, 0.1) is 11.6 Å². The number of fused-ring (bicyclic) bond motifs is 1. The van der Waals surface area contributed by atoms with E-state index in [0.29, 0.717) is 4.70 Å². The Hall–Kier alpha value is -0.480. The van der Waals surface area contributed by atoms with Crippen molar-refractivity contribution in [3.8, 4) is 0 Å². The summed E-state index contributed by atoms with van der Waals surface area (Å²) in [4.78, 5) is 0. The van der Waals surface area contributed by atoms with Crippen LogP contribution in [-0.2, 0) is 0 Å². The highest BCUT2D eigenvalue weighted by Crippen LogP contribution is 2.30. The lowest BCUT2D eigenvalue weighted by molar-refractivity contribution is 0.513. The van der Waals surface area contributed by atoms with E-state index in [2.05, 4.69) is 15.9 Å². The fraction of sp³-hybridized carbons (Fsp3) is 0. The van der Waals surface area contributed by atoms with Crippen molar-refractivity contribution in [2.45, 2.75) is 0 Å². The van der Waals surface area contributed by atoms with Gasteiger partial charge in [0.2, 0.25) is 0 Å². The van der Waals surface area contributed by atoms with Crippen LogP contribution < -0.4 is 0 Å². The Morgan fingerprint density at radius 2 is 2.00 bits per heavy atom. The van der Waals surface area contributed by atoms with Gasteiger partial charge in [0.25, 0.3) is 0 Å². The summed E-state index contributed by atoms with van der Waals surface area (Å²) in [5.74, 6) is -1.58. The molecule has 0 N–H and O–H groups in total. The maximum atomic E-state index is 13.1. The zero-order valence-electron chi connectivity index (χ0n) is 5.77. The second-order valence-corrected chi connectivity index (χ2v) is 4.10. The summed E-state index contributed by atoms with van der Waals surface area (Å²) in [5, 5.41) is 2.46. The summed E-state index contributed by atoms with van der Waals surface area (Å²) >= 11 is 4.14. The van der Waals surface area contributed by atoms with Crippen molar-refractivity contribution in [3.63, 3.8) is 0 Å². The molecular weight excluding hydrogens is 246 g/mol. The lowest BCUT2D eigenvalue weighted by Gasteiger charge is -1.96. The fourth-order valence-electron chi connectivity index (χ4n) is 1.02. The second kappa shape index (κ2) is 2.78. The summed E-state index contributed by atoms with van der Waals surface area (Å²) in [6.45, 7) is 0. The Morgan fingerprint density at radius 1 is 1.25 bits per heavy atom. The topological polar surface area (TPSA) is 0 Å². The van der Waals surface area contributed by atoms with Crippen LogP contribution in [0.2, 0.25) is 0 Å². The van der Waals surface area contributed by atoms with Gasteiger partial charge in [-0.1, -0.05) is 0 Å². The first-order valence-electron chi connectivity index (χ1n) is 3.21. The fourth-order valence-corrected chi connectivity index (χ4v) is 2.24. The molecule has 1 heterocycles. The predicted octanol–water partition coefficient (Wildman–Crippen LogP) is 3.94. The number of halogens is 3. The highest BCUT2D eigenvalue weighted by Gasteiger charge is 2.11. The molecule has 4 heteroatoms. The number of benzene rings is 1. The average molecular weight is 249 g/mol. The molecule has 0 aliphatic carbocycles. The third kappa shape index (κ3) is 1.06. The highest BCUT2D eigenvalue weighted by molar-refractivity contribution is 9.10. The first-order chi connectivity index (χ1) is 5.70. The molecule has 0 atom stereocenters. The van der Waals surface area contributed by atoms with Gasteiger partial charge in [-0.25, -0.2) is 8.78 Å². The minimum absolute atomic E-state index is 0.172. The normalized spacial score (nSPS) is 10.9. The molecule has 1 aromatic heterocycles. The van der Waals surface area contributed by atoms with E-state index in [4.69, 9.17) is 0 Å². The molecule has 0 unspecified atom stereocenters. The number of rotatable bonds is 0. The van der Waals surface area contributed by atoms with Crippen molar-refractivity contribution in [2.75, 3.05) is 0 Å². The molecular formula is C8H3BrF2S. The monoisotopic (exact) mass is 248 g/mol. The number of hydrogen-bond donors (Lipinski definition) is 0. The lowest BCUT2D eigenvalue weighted by Crippen LogP contribution is -1.84. The van der Waals surface area contributed by atoms with Crippen molar-refractivity contribution in [3.05, 3.63) is 33.6 Å². The van der Waals surface area contributed by atoms with E-state index in [1.807, 2.05) is 0 Å². The smallest absolute Gasteiger partial charge is 0.177 e. The molecule has 0 fully saturated rings. The van der Waals surface area contributed by atoms with Gasteiger partial charge in [0.05, 0.1) is 9.17 Å². The molecule has 0 nitrogen and oxygen atoms in total. The third-order valence-corrected chi connectivity index (χ3v) is 3.08. The van der Waals surface area contributed by atoms with Gasteiger partial charge >= 0.3 is 0 Å². The van der Waals surface area contributed by atoms with E-state index in [9.17, 15) is 8.78 Å². The first kappa shape index (κ1) is 8.13. The quantitative estimate of drug-likeness (QED) is 0.620. The first-order valence-corrected chi connectivity index (χ1v) is 4.88. The molecule has 2 rings (SSSR count). The van der Waals surface area contributed by atoms with Gasteiger partial charge in [-0.05, 0) is 38.8 Å². The predicted molar refractivity (Wildman–Crippen MR) is 49.4 cm³/mol. The molecule has 12 heavy (non-hydrogen) atoms. The molecule has 1 aromatic carbocycles. The highest BCUT2D eigenvalue weighted by atomic mass is 79.9. The summed E-state index contributed by atoms with van der Waals surface area (Å²) in [5.41, 5.74) is 0. The zero-order chi connectivity index (χ0) is 8.72. The van der Waals surface area contributed by atoms with E-state index in [-0.39, 0.29) is 4.47 Å². The van der Waals surface area contributed by atoms with E-state index in [0.717, 1.165) is 5.39 Å². The molecule has 2 aromatic rings. The molecule has 62 valence electrons. The SMILES string of the molecule is Fc1c(Br)cc2ccsc2c1F. The van der Waals surface area contributed by atoms with Crippen LogP contribution in [0.1, 0.15) is 0 Å². The van der Waals surface area contributed by atoms with Crippen LogP contribution in [0.4, 0.5) is 8.78 Å². The summed E-state index contributed by atoms with van der Waals surface area (Å²) in [7, 11) is 0. The largest absolute Gasteiger partial charge is 0.202 e. The number of hydrogen-bond acceptors (Lipinski definition) is 1. The van der Waals surface area contributed by atoms with Crippen molar-refractivity contribution >= 4 is 37.4 Å². The minimum Gasteiger partial charge on any atom is -0.202 e. The third-order valence-electron chi connectivity index (χ3n) is 1.58. The molecule has 0 aliphatic rings. The van der Waals surface area contributed by atoms with Crippen LogP contribution in [0.5, 0.6) is 0 Å². The maximum absolute atomic E-state index is 13.1. The van der Waals surface area contributed by atoms with Gasteiger partial charge in [-0.2, -0.15) is 0 Å². The van der Waals surface area contributed by atoms with E-state index < -0.39 is 11.6 Å². The Kier molecular flexibility index (Phi) is 1.88. The minimum atomic E-state index is -0.815. The number of thiophene rings is 1. The van der Waals surface area contributed by atoms with Crippen LogP contribution in [0.3, 0.4) is 0 Å². The standard InChI is InChI=1S/C8H3BrF2S/c9-5-3-4-1-2-12-8(4)7(11)6(5)10/h1-3H. The van der Waals surface area contributed by atoms with Crippen molar-refractivity contribution in [1.29, 1.82) is 0 Å². The second-order valence-electron chi connectivity index (χ2n) is 2.33. The zero-order valence-corrected chi connectivity index (χ0v) is 8.18. The molecule has 0 radical (unpaired) electrons. The Bertz CT molecular complexity index is 436.